The second-order valence-electron chi connectivity index (χ2n) is 14.1. The van der Waals surface area contributed by atoms with E-state index in [0.29, 0.717) is 19.6 Å². The van der Waals surface area contributed by atoms with Crippen molar-refractivity contribution < 1.29 is 19.4 Å². The van der Waals surface area contributed by atoms with Crippen molar-refractivity contribution in [2.75, 3.05) is 19.8 Å². The van der Waals surface area contributed by atoms with Gasteiger partial charge in [-0.15, -0.1) is 0 Å². The maximum Gasteiger partial charge on any atom is 0.306 e. The minimum absolute atomic E-state index is 0.164. The van der Waals surface area contributed by atoms with Gasteiger partial charge in [0.2, 0.25) is 0 Å². The monoisotopic (exact) mass is 639 g/mol. The smallest absolute Gasteiger partial charge is 0.306 e. The van der Waals surface area contributed by atoms with Crippen molar-refractivity contribution in [3.05, 3.63) is 0 Å². The quantitative estimate of drug-likeness (QED) is 0.0537. The van der Waals surface area contributed by atoms with Gasteiger partial charge in [-0.05, 0) is 12.8 Å². The Bertz CT molecular complexity index is 552. The molecule has 1 N–H and O–H groups in total. The van der Waals surface area contributed by atoms with Gasteiger partial charge in [0.1, 0.15) is 6.10 Å². The molecule has 270 valence electrons. The van der Waals surface area contributed by atoms with E-state index in [1.807, 2.05) is 0 Å². The van der Waals surface area contributed by atoms with E-state index in [1.165, 1.54) is 193 Å². The molecule has 0 saturated carbocycles. The average Bonchev–Trinajstić information content (AvgIpc) is 3.05. The number of aliphatic hydroxyl groups is 1. The summed E-state index contributed by atoms with van der Waals surface area (Å²) in [5.41, 5.74) is 0. The van der Waals surface area contributed by atoms with E-state index < -0.39 is 6.10 Å². The van der Waals surface area contributed by atoms with E-state index in [2.05, 4.69) is 13.8 Å². The lowest BCUT2D eigenvalue weighted by Crippen LogP contribution is -2.27. The van der Waals surface area contributed by atoms with Crippen LogP contribution in [0.15, 0.2) is 0 Å². The molecular weight excluding hydrogens is 556 g/mol. The third-order valence-corrected chi connectivity index (χ3v) is 9.43. The highest BCUT2D eigenvalue weighted by molar-refractivity contribution is 5.69. The highest BCUT2D eigenvalue weighted by Gasteiger charge is 2.13. The van der Waals surface area contributed by atoms with Crippen LogP contribution in [-0.2, 0) is 14.3 Å². The minimum atomic E-state index is -0.522. The van der Waals surface area contributed by atoms with Crippen LogP contribution in [0.2, 0.25) is 0 Å². The van der Waals surface area contributed by atoms with E-state index in [4.69, 9.17) is 9.47 Å². The normalized spacial score (nSPS) is 12.2. The molecule has 4 heteroatoms. The molecule has 0 spiro atoms. The molecular formula is C41H82O4. The first kappa shape index (κ1) is 44.4. The molecule has 1 atom stereocenters. The van der Waals surface area contributed by atoms with E-state index in [0.717, 1.165) is 19.3 Å². The number of esters is 1. The molecule has 0 aromatic heterocycles. The number of aliphatic hydroxyl groups excluding tert-OH is 1. The molecule has 0 heterocycles. The number of carbonyl (C=O) groups excluding carboxylic acids is 1. The van der Waals surface area contributed by atoms with Crippen LogP contribution in [0.5, 0.6) is 0 Å². The van der Waals surface area contributed by atoms with Gasteiger partial charge in [0, 0.05) is 13.0 Å². The fourth-order valence-electron chi connectivity index (χ4n) is 6.33. The summed E-state index contributed by atoms with van der Waals surface area (Å²) in [5.74, 6) is -0.200. The van der Waals surface area contributed by atoms with E-state index >= 15 is 0 Å². The Balaban J connectivity index is 3.27. The number of rotatable bonds is 39. The van der Waals surface area contributed by atoms with Gasteiger partial charge in [0.15, 0.2) is 0 Å². The molecule has 0 aliphatic heterocycles. The van der Waals surface area contributed by atoms with Gasteiger partial charge in [0.25, 0.3) is 0 Å². The predicted molar refractivity (Wildman–Crippen MR) is 196 cm³/mol. The topological polar surface area (TPSA) is 55.8 Å². The summed E-state index contributed by atoms with van der Waals surface area (Å²) in [7, 11) is 0. The lowest BCUT2D eigenvalue weighted by atomic mass is 10.0. The predicted octanol–water partition coefficient (Wildman–Crippen LogP) is 13.2. The first-order valence-corrected chi connectivity index (χ1v) is 20.6. The first-order valence-electron chi connectivity index (χ1n) is 20.6. The lowest BCUT2D eigenvalue weighted by molar-refractivity contribution is -0.154. The molecule has 0 aliphatic rings. The molecule has 0 rings (SSSR count). The minimum Gasteiger partial charge on any atom is -0.457 e. The van der Waals surface area contributed by atoms with E-state index in [-0.39, 0.29) is 12.6 Å². The third-order valence-electron chi connectivity index (χ3n) is 9.43. The number of ether oxygens (including phenoxy) is 2. The molecule has 0 aromatic rings. The second-order valence-corrected chi connectivity index (χ2v) is 14.1. The van der Waals surface area contributed by atoms with Gasteiger partial charge < -0.3 is 14.6 Å². The highest BCUT2D eigenvalue weighted by atomic mass is 16.6. The highest BCUT2D eigenvalue weighted by Crippen LogP contribution is 2.16. The summed E-state index contributed by atoms with van der Waals surface area (Å²) in [4.78, 5) is 12.1. The molecule has 0 saturated heterocycles. The van der Waals surface area contributed by atoms with Crippen molar-refractivity contribution in [2.24, 2.45) is 0 Å². The zero-order valence-electron chi connectivity index (χ0n) is 30.9. The van der Waals surface area contributed by atoms with Crippen LogP contribution in [-0.4, -0.2) is 37.0 Å². The van der Waals surface area contributed by atoms with Crippen molar-refractivity contribution in [1.29, 1.82) is 0 Å². The first-order chi connectivity index (χ1) is 22.2. The van der Waals surface area contributed by atoms with Gasteiger partial charge >= 0.3 is 5.97 Å². The summed E-state index contributed by atoms with van der Waals surface area (Å²) < 4.78 is 11.1. The molecule has 0 bridgehead atoms. The molecule has 0 fully saturated rings. The Morgan fingerprint density at radius 3 is 1.04 bits per heavy atom. The summed E-state index contributed by atoms with van der Waals surface area (Å²) in [6.45, 7) is 5.36. The Morgan fingerprint density at radius 1 is 0.444 bits per heavy atom. The van der Waals surface area contributed by atoms with Crippen LogP contribution >= 0.6 is 0 Å². The molecule has 0 aliphatic carbocycles. The van der Waals surface area contributed by atoms with Crippen molar-refractivity contribution in [1.82, 2.24) is 0 Å². The van der Waals surface area contributed by atoms with Crippen molar-refractivity contribution in [3.8, 4) is 0 Å². The van der Waals surface area contributed by atoms with Crippen LogP contribution < -0.4 is 0 Å². The Labute approximate surface area is 283 Å². The Hall–Kier alpha value is -0.610. The van der Waals surface area contributed by atoms with Gasteiger partial charge in [0.05, 0.1) is 13.2 Å². The lowest BCUT2D eigenvalue weighted by Gasteiger charge is -2.16. The van der Waals surface area contributed by atoms with Gasteiger partial charge in [-0.25, -0.2) is 0 Å². The summed E-state index contributed by atoms with van der Waals surface area (Å²) in [5, 5.41) is 9.53. The van der Waals surface area contributed by atoms with Crippen molar-refractivity contribution in [2.45, 2.75) is 238 Å². The number of unbranched alkanes of at least 4 members (excludes halogenated alkanes) is 31. The van der Waals surface area contributed by atoms with Crippen LogP contribution in [0, 0.1) is 0 Å². The van der Waals surface area contributed by atoms with Crippen molar-refractivity contribution >= 4 is 5.97 Å². The van der Waals surface area contributed by atoms with E-state index in [1.54, 1.807) is 0 Å². The molecule has 45 heavy (non-hydrogen) atoms. The molecule has 0 amide bonds. The van der Waals surface area contributed by atoms with E-state index in [9.17, 15) is 9.90 Å². The zero-order chi connectivity index (χ0) is 32.7. The molecule has 0 radical (unpaired) electrons. The van der Waals surface area contributed by atoms with Crippen LogP contribution in [0.4, 0.5) is 0 Å². The zero-order valence-corrected chi connectivity index (χ0v) is 30.9. The number of carbonyl (C=O) groups is 1. The third kappa shape index (κ3) is 37.7. The Kier molecular flexibility index (Phi) is 39.0. The van der Waals surface area contributed by atoms with Gasteiger partial charge in [-0.3, -0.25) is 4.79 Å². The standard InChI is InChI=1S/C41H82O4/c1-3-5-7-9-11-13-14-15-16-17-18-19-20-21-22-23-24-25-26-27-28-29-31-33-35-37-44-39-40(38-42)45-41(43)36-34-32-30-12-10-8-6-4-2/h40,42H,3-39H2,1-2H3. The number of hydrogen-bond acceptors (Lipinski definition) is 4. The van der Waals surface area contributed by atoms with Crippen LogP contribution in [0.1, 0.15) is 232 Å². The van der Waals surface area contributed by atoms with Crippen molar-refractivity contribution in [3.63, 3.8) is 0 Å². The van der Waals surface area contributed by atoms with Gasteiger partial charge in [-0.2, -0.15) is 0 Å². The molecule has 4 nitrogen and oxygen atoms in total. The van der Waals surface area contributed by atoms with Crippen LogP contribution in [0.25, 0.3) is 0 Å². The molecule has 1 unspecified atom stereocenters. The maximum atomic E-state index is 12.1. The fraction of sp³-hybridized carbons (Fsp3) is 0.976. The summed E-state index contributed by atoms with van der Waals surface area (Å²) in [6, 6.07) is 0. The average molecular weight is 639 g/mol. The second kappa shape index (κ2) is 39.6. The number of hydrogen-bond donors (Lipinski definition) is 1. The van der Waals surface area contributed by atoms with Gasteiger partial charge in [-0.1, -0.05) is 213 Å². The molecule has 0 aromatic carbocycles. The summed E-state index contributed by atoms with van der Waals surface area (Å²) >= 11 is 0. The van der Waals surface area contributed by atoms with Crippen LogP contribution in [0.3, 0.4) is 0 Å². The summed E-state index contributed by atoms with van der Waals surface area (Å²) in [6.07, 6.45) is 44.7. The largest absolute Gasteiger partial charge is 0.457 e. The maximum absolute atomic E-state index is 12.1. The fourth-order valence-corrected chi connectivity index (χ4v) is 6.33. The SMILES string of the molecule is CCCCCCCCCCCCCCCCCCCCCCCCCCCOCC(CO)OC(=O)CCCCCCCCCC. The Morgan fingerprint density at radius 2 is 0.733 bits per heavy atom.